The van der Waals surface area contributed by atoms with E-state index in [0.717, 1.165) is 15.6 Å². The lowest BCUT2D eigenvalue weighted by molar-refractivity contribution is 0.190. The molecule has 2 aromatic rings. The standard InChI is InChI=1S/C16H17BrO2/c1-11-5-3-4-6-13(11)10-19-16-9-14(17)7-8-15(16)12(2)18/h3-9,12,18H,10H2,1-2H3. The molecule has 3 heteroatoms. The fourth-order valence-corrected chi connectivity index (χ4v) is 2.25. The second-order valence-corrected chi connectivity index (χ2v) is 5.49. The third kappa shape index (κ3) is 3.58. The molecule has 0 spiro atoms. The third-order valence-corrected chi connectivity index (χ3v) is 3.56. The van der Waals surface area contributed by atoms with Crippen LogP contribution in [-0.2, 0) is 6.61 Å². The van der Waals surface area contributed by atoms with E-state index in [-0.39, 0.29) is 0 Å². The lowest BCUT2D eigenvalue weighted by Gasteiger charge is -2.14. The minimum absolute atomic E-state index is 0.503. The Labute approximate surface area is 122 Å². The maximum Gasteiger partial charge on any atom is 0.126 e. The van der Waals surface area contributed by atoms with Crippen LogP contribution in [0.1, 0.15) is 29.7 Å². The van der Waals surface area contributed by atoms with Crippen molar-refractivity contribution >= 4 is 15.9 Å². The number of aryl methyl sites for hydroxylation is 1. The van der Waals surface area contributed by atoms with E-state index in [1.807, 2.05) is 30.3 Å². The third-order valence-electron chi connectivity index (χ3n) is 3.07. The fourth-order valence-electron chi connectivity index (χ4n) is 1.91. The summed E-state index contributed by atoms with van der Waals surface area (Å²) in [6.45, 7) is 4.31. The van der Waals surface area contributed by atoms with Crippen LogP contribution in [0, 0.1) is 6.92 Å². The van der Waals surface area contributed by atoms with Crippen LogP contribution in [0.3, 0.4) is 0 Å². The van der Waals surface area contributed by atoms with Gasteiger partial charge in [-0.3, -0.25) is 0 Å². The Kier molecular flexibility index (Phi) is 4.61. The van der Waals surface area contributed by atoms with E-state index in [1.165, 1.54) is 5.56 Å². The molecule has 0 amide bonds. The van der Waals surface area contributed by atoms with Crippen molar-refractivity contribution in [2.45, 2.75) is 26.6 Å². The van der Waals surface area contributed by atoms with Gasteiger partial charge < -0.3 is 9.84 Å². The van der Waals surface area contributed by atoms with Crippen molar-refractivity contribution in [3.05, 3.63) is 63.6 Å². The van der Waals surface area contributed by atoms with Crippen LogP contribution >= 0.6 is 15.9 Å². The second kappa shape index (κ2) is 6.22. The highest BCUT2D eigenvalue weighted by Crippen LogP contribution is 2.29. The van der Waals surface area contributed by atoms with Crippen LogP contribution in [0.15, 0.2) is 46.9 Å². The smallest absolute Gasteiger partial charge is 0.126 e. The molecule has 2 aromatic carbocycles. The molecule has 100 valence electrons. The summed E-state index contributed by atoms with van der Waals surface area (Å²) < 4.78 is 6.80. The first-order valence-electron chi connectivity index (χ1n) is 6.22. The van der Waals surface area contributed by atoms with Crippen molar-refractivity contribution < 1.29 is 9.84 Å². The van der Waals surface area contributed by atoms with Gasteiger partial charge in [0.05, 0.1) is 6.10 Å². The average Bonchev–Trinajstić information content (AvgIpc) is 2.37. The molecule has 19 heavy (non-hydrogen) atoms. The molecule has 0 radical (unpaired) electrons. The molecule has 0 aliphatic heterocycles. The highest BCUT2D eigenvalue weighted by Gasteiger charge is 2.10. The lowest BCUT2D eigenvalue weighted by Crippen LogP contribution is -2.02. The monoisotopic (exact) mass is 320 g/mol. The second-order valence-electron chi connectivity index (χ2n) is 4.57. The van der Waals surface area contributed by atoms with Crippen LogP contribution in [0.2, 0.25) is 0 Å². The van der Waals surface area contributed by atoms with E-state index in [2.05, 4.69) is 35.0 Å². The maximum atomic E-state index is 9.75. The lowest BCUT2D eigenvalue weighted by atomic mass is 10.1. The molecule has 0 saturated carbocycles. The van der Waals surface area contributed by atoms with E-state index < -0.39 is 6.10 Å². The van der Waals surface area contributed by atoms with Crippen LogP contribution in [0.25, 0.3) is 0 Å². The molecule has 1 unspecified atom stereocenters. The zero-order valence-corrected chi connectivity index (χ0v) is 12.6. The number of benzene rings is 2. The quantitative estimate of drug-likeness (QED) is 0.905. The summed E-state index contributed by atoms with van der Waals surface area (Å²) in [5.74, 6) is 0.715. The zero-order chi connectivity index (χ0) is 13.8. The van der Waals surface area contributed by atoms with Crippen molar-refractivity contribution in [3.8, 4) is 5.75 Å². The molecule has 2 nitrogen and oxygen atoms in total. The number of hydrogen-bond donors (Lipinski definition) is 1. The first kappa shape index (κ1) is 14.1. The topological polar surface area (TPSA) is 29.5 Å². The Balaban J connectivity index is 2.19. The number of hydrogen-bond acceptors (Lipinski definition) is 2. The van der Waals surface area contributed by atoms with Gasteiger partial charge in [0.1, 0.15) is 12.4 Å². The summed E-state index contributed by atoms with van der Waals surface area (Å²) in [7, 11) is 0. The van der Waals surface area contributed by atoms with Gasteiger partial charge in [0, 0.05) is 10.0 Å². The molecular weight excluding hydrogens is 304 g/mol. The summed E-state index contributed by atoms with van der Waals surface area (Å²) in [5.41, 5.74) is 3.16. The SMILES string of the molecule is Cc1ccccc1COc1cc(Br)ccc1C(C)O. The Hall–Kier alpha value is -1.32. The predicted octanol–water partition coefficient (Wildman–Crippen LogP) is 4.39. The normalized spacial score (nSPS) is 12.2. The van der Waals surface area contributed by atoms with Gasteiger partial charge in [0.25, 0.3) is 0 Å². The van der Waals surface area contributed by atoms with E-state index >= 15 is 0 Å². The predicted molar refractivity (Wildman–Crippen MR) is 80.3 cm³/mol. The van der Waals surface area contributed by atoms with Crippen LogP contribution in [0.5, 0.6) is 5.75 Å². The van der Waals surface area contributed by atoms with Crippen molar-refractivity contribution in [1.29, 1.82) is 0 Å². The van der Waals surface area contributed by atoms with Crippen molar-refractivity contribution in [3.63, 3.8) is 0 Å². The minimum Gasteiger partial charge on any atom is -0.488 e. The number of aliphatic hydroxyl groups excluding tert-OH is 1. The van der Waals surface area contributed by atoms with Gasteiger partial charge in [0.15, 0.2) is 0 Å². The molecule has 0 aliphatic carbocycles. The fraction of sp³-hybridized carbons (Fsp3) is 0.250. The molecular formula is C16H17BrO2. The van der Waals surface area contributed by atoms with Gasteiger partial charge in [-0.2, -0.15) is 0 Å². The molecule has 0 bridgehead atoms. The summed E-state index contributed by atoms with van der Waals surface area (Å²) in [6.07, 6.45) is -0.542. The average molecular weight is 321 g/mol. The van der Waals surface area contributed by atoms with E-state index in [9.17, 15) is 5.11 Å². The van der Waals surface area contributed by atoms with Crippen LogP contribution in [0.4, 0.5) is 0 Å². The van der Waals surface area contributed by atoms with Crippen molar-refractivity contribution in [2.75, 3.05) is 0 Å². The minimum atomic E-state index is -0.542. The number of halogens is 1. The molecule has 1 N–H and O–H groups in total. The summed E-state index contributed by atoms with van der Waals surface area (Å²) in [5, 5.41) is 9.75. The largest absolute Gasteiger partial charge is 0.488 e. The van der Waals surface area contributed by atoms with E-state index in [4.69, 9.17) is 4.74 Å². The number of ether oxygens (including phenoxy) is 1. The van der Waals surface area contributed by atoms with Crippen molar-refractivity contribution in [1.82, 2.24) is 0 Å². The Morgan fingerprint density at radius 3 is 2.63 bits per heavy atom. The van der Waals surface area contributed by atoms with E-state index in [1.54, 1.807) is 6.92 Å². The van der Waals surface area contributed by atoms with Gasteiger partial charge in [-0.25, -0.2) is 0 Å². The van der Waals surface area contributed by atoms with Crippen molar-refractivity contribution in [2.24, 2.45) is 0 Å². The summed E-state index contributed by atoms with van der Waals surface area (Å²) >= 11 is 3.42. The number of aliphatic hydroxyl groups is 1. The van der Waals surface area contributed by atoms with Gasteiger partial charge in [-0.05, 0) is 37.1 Å². The van der Waals surface area contributed by atoms with Gasteiger partial charge in [0.2, 0.25) is 0 Å². The van der Waals surface area contributed by atoms with Crippen LogP contribution in [-0.4, -0.2) is 5.11 Å². The first-order chi connectivity index (χ1) is 9.08. The molecule has 0 aliphatic rings. The molecule has 1 atom stereocenters. The Morgan fingerprint density at radius 1 is 1.21 bits per heavy atom. The molecule has 0 aromatic heterocycles. The molecule has 2 rings (SSSR count). The van der Waals surface area contributed by atoms with Gasteiger partial charge in [-0.1, -0.05) is 46.3 Å². The highest BCUT2D eigenvalue weighted by molar-refractivity contribution is 9.10. The Morgan fingerprint density at radius 2 is 1.95 bits per heavy atom. The van der Waals surface area contributed by atoms with Gasteiger partial charge >= 0.3 is 0 Å². The van der Waals surface area contributed by atoms with Crippen LogP contribution < -0.4 is 4.74 Å². The van der Waals surface area contributed by atoms with Gasteiger partial charge in [-0.15, -0.1) is 0 Å². The molecule has 0 heterocycles. The molecule has 0 saturated heterocycles. The zero-order valence-electron chi connectivity index (χ0n) is 11.1. The first-order valence-corrected chi connectivity index (χ1v) is 7.02. The highest BCUT2D eigenvalue weighted by atomic mass is 79.9. The van der Waals surface area contributed by atoms with E-state index in [0.29, 0.717) is 12.4 Å². The summed E-state index contributed by atoms with van der Waals surface area (Å²) in [6, 6.07) is 13.8. The maximum absolute atomic E-state index is 9.75. The Bertz CT molecular complexity index is 564. The number of rotatable bonds is 4. The summed E-state index contributed by atoms with van der Waals surface area (Å²) in [4.78, 5) is 0. The molecule has 0 fully saturated rings.